The number of aromatic amines is 1. The summed E-state index contributed by atoms with van der Waals surface area (Å²) in [6.07, 6.45) is 4.85. The van der Waals surface area contributed by atoms with Crippen LogP contribution in [0, 0.1) is 6.92 Å². The quantitative estimate of drug-likeness (QED) is 0.893. The molecule has 27 heavy (non-hydrogen) atoms. The lowest BCUT2D eigenvalue weighted by atomic mass is 10.2. The van der Waals surface area contributed by atoms with Gasteiger partial charge in [-0.25, -0.2) is 4.98 Å². The molecule has 2 fully saturated rings. The topological polar surface area (TPSA) is 78.5 Å². The zero-order valence-corrected chi connectivity index (χ0v) is 15.5. The first kappa shape index (κ1) is 17.6. The number of pyridine rings is 2. The largest absolute Gasteiger partial charge is 0.485 e. The summed E-state index contributed by atoms with van der Waals surface area (Å²) in [5.74, 6) is 1.55. The molecule has 0 radical (unpaired) electrons. The van der Waals surface area contributed by atoms with Gasteiger partial charge in [0.1, 0.15) is 6.10 Å². The molecule has 4 rings (SSSR count). The Bertz CT molecular complexity index is 889. The van der Waals surface area contributed by atoms with E-state index in [0.717, 1.165) is 31.1 Å². The molecule has 1 amide bonds. The average Bonchev–Trinajstić information content (AvgIpc) is 3.33. The van der Waals surface area contributed by atoms with Gasteiger partial charge in [0, 0.05) is 49.6 Å². The van der Waals surface area contributed by atoms with Crippen LogP contribution in [0.5, 0.6) is 5.75 Å². The predicted molar refractivity (Wildman–Crippen MR) is 102 cm³/mol. The first-order valence-electron chi connectivity index (χ1n) is 9.47. The van der Waals surface area contributed by atoms with Crippen molar-refractivity contribution in [2.45, 2.75) is 32.3 Å². The highest BCUT2D eigenvalue weighted by Crippen LogP contribution is 2.30. The summed E-state index contributed by atoms with van der Waals surface area (Å²) in [6, 6.07) is 6.90. The number of anilines is 1. The lowest BCUT2D eigenvalue weighted by Crippen LogP contribution is -2.32. The van der Waals surface area contributed by atoms with Gasteiger partial charge in [0.15, 0.2) is 11.6 Å². The number of nitrogens with zero attached hydrogens (tertiary/aromatic N) is 3. The summed E-state index contributed by atoms with van der Waals surface area (Å²) in [4.78, 5) is 35.5. The zero-order chi connectivity index (χ0) is 18.8. The first-order valence-corrected chi connectivity index (χ1v) is 9.47. The van der Waals surface area contributed by atoms with Crippen LogP contribution >= 0.6 is 0 Å². The van der Waals surface area contributed by atoms with Crippen LogP contribution in [-0.2, 0) is 0 Å². The van der Waals surface area contributed by atoms with Gasteiger partial charge in [-0.2, -0.15) is 0 Å². The monoisotopic (exact) mass is 368 g/mol. The van der Waals surface area contributed by atoms with Gasteiger partial charge < -0.3 is 19.5 Å². The normalized spacial score (nSPS) is 19.5. The van der Waals surface area contributed by atoms with E-state index in [1.807, 2.05) is 12.1 Å². The minimum atomic E-state index is -0.254. The van der Waals surface area contributed by atoms with Crippen molar-refractivity contribution in [3.8, 4) is 5.75 Å². The van der Waals surface area contributed by atoms with Crippen LogP contribution in [0.15, 0.2) is 35.3 Å². The standard InChI is InChI=1S/C20H24N4O3/c1-14-11-15(12-18(25)22-14)20(26)24-10-6-16(13-24)27-17-5-4-7-21-19(17)23-8-2-3-9-23/h4-5,7,11-12,16H,2-3,6,8-10,13H2,1H3,(H,22,25)/t16-/m1/s1. The van der Waals surface area contributed by atoms with E-state index in [1.165, 1.54) is 18.9 Å². The summed E-state index contributed by atoms with van der Waals surface area (Å²) in [5, 5.41) is 0. The number of carbonyl (C=O) groups excluding carboxylic acids is 1. The number of nitrogens with one attached hydrogen (secondary N) is 1. The van der Waals surface area contributed by atoms with Gasteiger partial charge in [-0.15, -0.1) is 0 Å². The number of hydrogen-bond acceptors (Lipinski definition) is 5. The van der Waals surface area contributed by atoms with Crippen molar-refractivity contribution in [2.75, 3.05) is 31.1 Å². The Morgan fingerprint density at radius 1 is 1.26 bits per heavy atom. The van der Waals surface area contributed by atoms with Crippen molar-refractivity contribution in [3.63, 3.8) is 0 Å². The van der Waals surface area contributed by atoms with Crippen LogP contribution in [0.1, 0.15) is 35.3 Å². The molecule has 4 heterocycles. The second kappa shape index (κ2) is 7.42. The van der Waals surface area contributed by atoms with Crippen molar-refractivity contribution >= 4 is 11.7 Å². The number of likely N-dealkylation sites (tertiary alicyclic amines) is 1. The van der Waals surface area contributed by atoms with Crippen molar-refractivity contribution < 1.29 is 9.53 Å². The molecule has 0 bridgehead atoms. The van der Waals surface area contributed by atoms with Crippen LogP contribution in [0.3, 0.4) is 0 Å². The molecule has 142 valence electrons. The minimum absolute atomic E-state index is 0.0670. The highest BCUT2D eigenvalue weighted by Gasteiger charge is 2.30. The maximum Gasteiger partial charge on any atom is 0.254 e. The Labute approximate surface area is 158 Å². The second-order valence-corrected chi connectivity index (χ2v) is 7.22. The predicted octanol–water partition coefficient (Wildman–Crippen LogP) is 1.97. The van der Waals surface area contributed by atoms with Gasteiger partial charge >= 0.3 is 0 Å². The molecular weight excluding hydrogens is 344 g/mol. The Kier molecular flexibility index (Phi) is 4.83. The molecule has 0 unspecified atom stereocenters. The van der Waals surface area contributed by atoms with E-state index in [9.17, 15) is 9.59 Å². The van der Waals surface area contributed by atoms with Gasteiger partial charge in [0.2, 0.25) is 5.56 Å². The molecule has 7 nitrogen and oxygen atoms in total. The summed E-state index contributed by atoms with van der Waals surface area (Å²) in [5.41, 5.74) is 0.857. The van der Waals surface area contributed by atoms with Gasteiger partial charge in [0.25, 0.3) is 5.91 Å². The molecule has 0 saturated carbocycles. The van der Waals surface area contributed by atoms with Gasteiger partial charge in [-0.1, -0.05) is 0 Å². The Balaban J connectivity index is 1.44. The average molecular weight is 368 g/mol. The lowest BCUT2D eigenvalue weighted by Gasteiger charge is -2.22. The molecule has 2 aromatic heterocycles. The highest BCUT2D eigenvalue weighted by molar-refractivity contribution is 5.94. The maximum atomic E-state index is 12.7. The summed E-state index contributed by atoms with van der Waals surface area (Å²) >= 11 is 0. The number of rotatable bonds is 4. The van der Waals surface area contributed by atoms with E-state index in [1.54, 1.807) is 24.1 Å². The number of H-pyrrole nitrogens is 1. The third kappa shape index (κ3) is 3.82. The molecule has 2 aromatic rings. The molecule has 1 atom stereocenters. The fourth-order valence-electron chi connectivity index (χ4n) is 3.82. The Morgan fingerprint density at radius 3 is 2.85 bits per heavy atom. The molecule has 1 N–H and O–H groups in total. The lowest BCUT2D eigenvalue weighted by molar-refractivity contribution is 0.0772. The molecule has 2 aliphatic heterocycles. The number of carbonyl (C=O) groups is 1. The SMILES string of the molecule is Cc1cc(C(=O)N2CC[C@@H](Oc3cccnc3N3CCCC3)C2)cc(=O)[nH]1. The van der Waals surface area contributed by atoms with E-state index in [0.29, 0.717) is 24.3 Å². The van der Waals surface area contributed by atoms with Crippen LogP contribution < -0.4 is 15.2 Å². The zero-order valence-electron chi connectivity index (χ0n) is 15.5. The van der Waals surface area contributed by atoms with E-state index in [4.69, 9.17) is 4.74 Å². The maximum absolute atomic E-state index is 12.7. The third-order valence-corrected chi connectivity index (χ3v) is 5.11. The van der Waals surface area contributed by atoms with Crippen molar-refractivity contribution in [1.82, 2.24) is 14.9 Å². The molecule has 7 heteroatoms. The molecular formula is C20H24N4O3. The van der Waals surface area contributed by atoms with Gasteiger partial charge in [0.05, 0.1) is 6.54 Å². The van der Waals surface area contributed by atoms with Crippen LogP contribution in [0.25, 0.3) is 0 Å². The summed E-state index contributed by atoms with van der Waals surface area (Å²) < 4.78 is 6.22. The highest BCUT2D eigenvalue weighted by atomic mass is 16.5. The van der Waals surface area contributed by atoms with E-state index < -0.39 is 0 Å². The smallest absolute Gasteiger partial charge is 0.254 e. The van der Waals surface area contributed by atoms with Crippen molar-refractivity contribution in [2.24, 2.45) is 0 Å². The fourth-order valence-corrected chi connectivity index (χ4v) is 3.82. The van der Waals surface area contributed by atoms with Gasteiger partial charge in [-0.3, -0.25) is 9.59 Å². The number of amides is 1. The molecule has 0 aliphatic carbocycles. The van der Waals surface area contributed by atoms with Crippen LogP contribution in [-0.4, -0.2) is 53.1 Å². The van der Waals surface area contributed by atoms with Crippen molar-refractivity contribution in [1.29, 1.82) is 0 Å². The summed E-state index contributed by atoms with van der Waals surface area (Å²) in [6.45, 7) is 4.92. The van der Waals surface area contributed by atoms with Crippen LogP contribution in [0.4, 0.5) is 5.82 Å². The number of aromatic nitrogens is 2. The Morgan fingerprint density at radius 2 is 2.07 bits per heavy atom. The first-order chi connectivity index (χ1) is 13.1. The molecule has 2 saturated heterocycles. The van der Waals surface area contributed by atoms with E-state index >= 15 is 0 Å². The third-order valence-electron chi connectivity index (χ3n) is 5.11. The number of hydrogen-bond donors (Lipinski definition) is 1. The van der Waals surface area contributed by atoms with E-state index in [-0.39, 0.29) is 17.6 Å². The number of aryl methyl sites for hydroxylation is 1. The fraction of sp³-hybridized carbons (Fsp3) is 0.450. The van der Waals surface area contributed by atoms with Crippen LogP contribution in [0.2, 0.25) is 0 Å². The van der Waals surface area contributed by atoms with Gasteiger partial charge in [-0.05, 0) is 38.0 Å². The Hall–Kier alpha value is -2.83. The number of ether oxygens (including phenoxy) is 1. The molecule has 2 aliphatic rings. The molecule has 0 spiro atoms. The summed E-state index contributed by atoms with van der Waals surface area (Å²) in [7, 11) is 0. The molecule has 0 aromatic carbocycles. The minimum Gasteiger partial charge on any atom is -0.485 e. The van der Waals surface area contributed by atoms with E-state index in [2.05, 4.69) is 14.9 Å². The second-order valence-electron chi connectivity index (χ2n) is 7.22. The van der Waals surface area contributed by atoms with Crippen molar-refractivity contribution in [3.05, 3.63) is 52.1 Å².